The molecule has 2 N–H and O–H groups in total. The van der Waals surface area contributed by atoms with Gasteiger partial charge in [0.2, 0.25) is 0 Å². The molecule has 0 heterocycles. The van der Waals surface area contributed by atoms with Crippen molar-refractivity contribution < 1.29 is 0 Å². The van der Waals surface area contributed by atoms with Crippen LogP contribution in [0.25, 0.3) is 0 Å². The number of rotatable bonds is 4. The standard InChI is InChI=1S/C8H15N/c1-3-4-5-6-7-8(2)9/h1,8H,4-7,9H2,2H3/t8-/m1/s1. The van der Waals surface area contributed by atoms with Gasteiger partial charge < -0.3 is 5.73 Å². The third-order valence-electron chi connectivity index (χ3n) is 1.23. The molecule has 0 aliphatic rings. The predicted octanol–water partition coefficient (Wildman–Crippen LogP) is 1.53. The first kappa shape index (κ1) is 8.52. The minimum atomic E-state index is 0.336. The largest absolute Gasteiger partial charge is 0.328 e. The molecule has 0 rings (SSSR count). The fourth-order valence-electron chi connectivity index (χ4n) is 0.693. The van der Waals surface area contributed by atoms with Gasteiger partial charge in [0.25, 0.3) is 0 Å². The minimum Gasteiger partial charge on any atom is -0.328 e. The van der Waals surface area contributed by atoms with Gasteiger partial charge in [-0.05, 0) is 19.8 Å². The zero-order valence-electron chi connectivity index (χ0n) is 6.06. The highest BCUT2D eigenvalue weighted by molar-refractivity contribution is 4.82. The fraction of sp³-hybridized carbons (Fsp3) is 0.750. The Morgan fingerprint density at radius 2 is 2.22 bits per heavy atom. The van der Waals surface area contributed by atoms with Gasteiger partial charge in [-0.2, -0.15) is 0 Å². The maximum atomic E-state index is 5.52. The quantitative estimate of drug-likeness (QED) is 0.447. The van der Waals surface area contributed by atoms with Crippen molar-refractivity contribution in [2.75, 3.05) is 0 Å². The van der Waals surface area contributed by atoms with Crippen LogP contribution in [-0.4, -0.2) is 6.04 Å². The molecule has 1 atom stereocenters. The van der Waals surface area contributed by atoms with E-state index < -0.39 is 0 Å². The second kappa shape index (κ2) is 5.65. The molecule has 0 aromatic rings. The lowest BCUT2D eigenvalue weighted by Crippen LogP contribution is -2.13. The molecule has 0 aromatic heterocycles. The first-order chi connectivity index (χ1) is 4.27. The summed E-state index contributed by atoms with van der Waals surface area (Å²) < 4.78 is 0. The van der Waals surface area contributed by atoms with Crippen molar-refractivity contribution in [1.82, 2.24) is 0 Å². The Bertz CT molecular complexity index is 89.2. The van der Waals surface area contributed by atoms with Gasteiger partial charge in [-0.3, -0.25) is 0 Å². The van der Waals surface area contributed by atoms with Crippen LogP contribution in [0, 0.1) is 12.3 Å². The molecule has 0 saturated heterocycles. The van der Waals surface area contributed by atoms with Crippen LogP contribution in [0.1, 0.15) is 32.6 Å². The molecule has 0 aromatic carbocycles. The second-order valence-corrected chi connectivity index (χ2v) is 2.43. The number of hydrogen-bond donors (Lipinski definition) is 1. The number of terminal acetylenes is 1. The van der Waals surface area contributed by atoms with Gasteiger partial charge >= 0.3 is 0 Å². The van der Waals surface area contributed by atoms with Gasteiger partial charge in [0.05, 0.1) is 0 Å². The van der Waals surface area contributed by atoms with E-state index in [0.29, 0.717) is 6.04 Å². The van der Waals surface area contributed by atoms with Crippen molar-refractivity contribution in [3.05, 3.63) is 0 Å². The fourth-order valence-corrected chi connectivity index (χ4v) is 0.693. The van der Waals surface area contributed by atoms with Gasteiger partial charge in [0.15, 0.2) is 0 Å². The average Bonchev–Trinajstić information content (AvgIpc) is 1.80. The summed E-state index contributed by atoms with van der Waals surface area (Å²) in [7, 11) is 0. The maximum absolute atomic E-state index is 5.52. The van der Waals surface area contributed by atoms with E-state index in [1.54, 1.807) is 0 Å². The Labute approximate surface area is 57.6 Å². The van der Waals surface area contributed by atoms with Crippen LogP contribution in [0.4, 0.5) is 0 Å². The predicted molar refractivity (Wildman–Crippen MR) is 41.0 cm³/mol. The van der Waals surface area contributed by atoms with E-state index in [2.05, 4.69) is 5.92 Å². The Morgan fingerprint density at radius 3 is 2.67 bits per heavy atom. The third kappa shape index (κ3) is 7.52. The molecule has 1 heteroatoms. The van der Waals surface area contributed by atoms with Crippen molar-refractivity contribution in [1.29, 1.82) is 0 Å². The van der Waals surface area contributed by atoms with Crippen molar-refractivity contribution in [3.8, 4) is 12.3 Å². The van der Waals surface area contributed by atoms with Gasteiger partial charge in [-0.1, -0.05) is 6.42 Å². The van der Waals surface area contributed by atoms with Crippen molar-refractivity contribution in [2.45, 2.75) is 38.6 Å². The second-order valence-electron chi connectivity index (χ2n) is 2.43. The van der Waals surface area contributed by atoms with E-state index in [0.717, 1.165) is 19.3 Å². The van der Waals surface area contributed by atoms with E-state index in [1.165, 1.54) is 6.42 Å². The normalized spacial score (nSPS) is 12.6. The highest BCUT2D eigenvalue weighted by Crippen LogP contribution is 1.99. The molecule has 1 nitrogen and oxygen atoms in total. The van der Waals surface area contributed by atoms with E-state index >= 15 is 0 Å². The Hall–Kier alpha value is -0.480. The molecule has 0 fully saturated rings. The lowest BCUT2D eigenvalue weighted by Gasteiger charge is -2.01. The third-order valence-corrected chi connectivity index (χ3v) is 1.23. The first-order valence-corrected chi connectivity index (χ1v) is 3.46. The molecule has 0 spiro atoms. The zero-order chi connectivity index (χ0) is 7.11. The molecule has 52 valence electrons. The van der Waals surface area contributed by atoms with Gasteiger partial charge in [0, 0.05) is 12.5 Å². The number of unbranched alkanes of at least 4 members (excludes halogenated alkanes) is 2. The van der Waals surface area contributed by atoms with E-state index in [1.807, 2.05) is 6.92 Å². The topological polar surface area (TPSA) is 26.0 Å². The van der Waals surface area contributed by atoms with Gasteiger partial charge in [-0.25, -0.2) is 0 Å². The van der Waals surface area contributed by atoms with Crippen LogP contribution >= 0.6 is 0 Å². The first-order valence-electron chi connectivity index (χ1n) is 3.46. The minimum absolute atomic E-state index is 0.336. The summed E-state index contributed by atoms with van der Waals surface area (Å²) in [5.74, 6) is 2.60. The molecule has 0 saturated carbocycles. The summed E-state index contributed by atoms with van der Waals surface area (Å²) in [5, 5.41) is 0. The highest BCUT2D eigenvalue weighted by Gasteiger charge is 1.91. The summed E-state index contributed by atoms with van der Waals surface area (Å²) in [6.07, 6.45) is 9.35. The molecule has 0 radical (unpaired) electrons. The smallest absolute Gasteiger partial charge is 0.00860 e. The van der Waals surface area contributed by atoms with Gasteiger partial charge in [0.1, 0.15) is 0 Å². The monoisotopic (exact) mass is 125 g/mol. The van der Waals surface area contributed by atoms with Crippen LogP contribution in [0.5, 0.6) is 0 Å². The van der Waals surface area contributed by atoms with Crippen LogP contribution in [0.3, 0.4) is 0 Å². The molecule has 0 bridgehead atoms. The summed E-state index contributed by atoms with van der Waals surface area (Å²) >= 11 is 0. The van der Waals surface area contributed by atoms with Crippen LogP contribution in [0.15, 0.2) is 0 Å². The number of nitrogens with two attached hydrogens (primary N) is 1. The molecule has 9 heavy (non-hydrogen) atoms. The maximum Gasteiger partial charge on any atom is 0.00860 e. The lowest BCUT2D eigenvalue weighted by atomic mass is 10.1. The Balaban J connectivity index is 2.85. The van der Waals surface area contributed by atoms with Crippen LogP contribution in [0.2, 0.25) is 0 Å². The van der Waals surface area contributed by atoms with E-state index in [9.17, 15) is 0 Å². The molecule has 0 amide bonds. The number of hydrogen-bond acceptors (Lipinski definition) is 1. The van der Waals surface area contributed by atoms with E-state index in [4.69, 9.17) is 12.2 Å². The summed E-state index contributed by atoms with van der Waals surface area (Å²) in [6.45, 7) is 2.02. The molecular weight excluding hydrogens is 110 g/mol. The molecule has 0 aliphatic heterocycles. The molecule has 0 aliphatic carbocycles. The van der Waals surface area contributed by atoms with Crippen molar-refractivity contribution in [2.24, 2.45) is 5.73 Å². The average molecular weight is 125 g/mol. The highest BCUT2D eigenvalue weighted by atomic mass is 14.6. The molecule has 0 unspecified atom stereocenters. The summed E-state index contributed by atoms with van der Waals surface area (Å²) in [5.41, 5.74) is 5.52. The Kier molecular flexibility index (Phi) is 5.35. The Morgan fingerprint density at radius 1 is 1.56 bits per heavy atom. The van der Waals surface area contributed by atoms with Crippen molar-refractivity contribution >= 4 is 0 Å². The van der Waals surface area contributed by atoms with Crippen LogP contribution in [-0.2, 0) is 0 Å². The van der Waals surface area contributed by atoms with Crippen LogP contribution < -0.4 is 5.73 Å². The molecular formula is C8H15N. The SMILES string of the molecule is C#CCCCC[C@@H](C)N. The van der Waals surface area contributed by atoms with Gasteiger partial charge in [-0.15, -0.1) is 12.3 Å². The zero-order valence-corrected chi connectivity index (χ0v) is 6.06. The summed E-state index contributed by atoms with van der Waals surface area (Å²) in [4.78, 5) is 0. The lowest BCUT2D eigenvalue weighted by molar-refractivity contribution is 0.604. The summed E-state index contributed by atoms with van der Waals surface area (Å²) in [6, 6.07) is 0.336. The van der Waals surface area contributed by atoms with Crippen molar-refractivity contribution in [3.63, 3.8) is 0 Å². The van der Waals surface area contributed by atoms with E-state index in [-0.39, 0.29) is 0 Å².